The van der Waals surface area contributed by atoms with Crippen LogP contribution in [0.2, 0.25) is 0 Å². The number of nitrogens with one attached hydrogen (secondary N) is 2. The predicted molar refractivity (Wildman–Crippen MR) is 102 cm³/mol. The number of anilines is 2. The first kappa shape index (κ1) is 16.8. The van der Waals surface area contributed by atoms with Gasteiger partial charge >= 0.3 is 0 Å². The van der Waals surface area contributed by atoms with E-state index >= 15 is 0 Å². The molecule has 0 radical (unpaired) electrons. The van der Waals surface area contributed by atoms with Crippen molar-refractivity contribution in [3.05, 3.63) is 59.7 Å². The van der Waals surface area contributed by atoms with Crippen molar-refractivity contribution < 1.29 is 9.59 Å². The summed E-state index contributed by atoms with van der Waals surface area (Å²) in [4.78, 5) is 26.7. The molecule has 5 nitrogen and oxygen atoms in total. The second-order valence-electron chi connectivity index (χ2n) is 6.98. The summed E-state index contributed by atoms with van der Waals surface area (Å²) in [6.45, 7) is 2.40. The van der Waals surface area contributed by atoms with E-state index in [1.54, 1.807) is 0 Å². The van der Waals surface area contributed by atoms with Crippen molar-refractivity contribution >= 4 is 23.2 Å². The Hall–Kier alpha value is -2.66. The number of hydrogen-bond acceptors (Lipinski definition) is 3. The minimum Gasteiger partial charge on any atom is -0.326 e. The zero-order valence-corrected chi connectivity index (χ0v) is 14.7. The van der Waals surface area contributed by atoms with Crippen molar-refractivity contribution in [3.8, 4) is 0 Å². The standard InChI is InChI=1S/C21H23N3O2/c25-20(24-12-10-16-3-1-2-4-19(16)24)13-15-5-7-18(8-6-15)23-21(26)17-9-11-22-14-17/h1-8,17,22H,9-14H2,(H,23,26). The summed E-state index contributed by atoms with van der Waals surface area (Å²) >= 11 is 0. The van der Waals surface area contributed by atoms with Gasteiger partial charge in [-0.05, 0) is 48.7 Å². The highest BCUT2D eigenvalue weighted by Crippen LogP contribution is 2.28. The van der Waals surface area contributed by atoms with E-state index in [0.29, 0.717) is 6.42 Å². The fourth-order valence-electron chi connectivity index (χ4n) is 3.70. The Bertz CT molecular complexity index is 810. The lowest BCUT2D eigenvalue weighted by Crippen LogP contribution is -2.30. The van der Waals surface area contributed by atoms with E-state index < -0.39 is 0 Å². The average molecular weight is 349 g/mol. The van der Waals surface area contributed by atoms with Crippen molar-refractivity contribution in [2.24, 2.45) is 5.92 Å². The number of amides is 2. The summed E-state index contributed by atoms with van der Waals surface area (Å²) in [5, 5.41) is 6.16. The Balaban J connectivity index is 1.37. The van der Waals surface area contributed by atoms with Gasteiger partial charge < -0.3 is 15.5 Å². The van der Waals surface area contributed by atoms with E-state index in [1.807, 2.05) is 47.4 Å². The van der Waals surface area contributed by atoms with Gasteiger partial charge in [-0.1, -0.05) is 30.3 Å². The van der Waals surface area contributed by atoms with Gasteiger partial charge in [-0.15, -0.1) is 0 Å². The van der Waals surface area contributed by atoms with Crippen LogP contribution in [-0.4, -0.2) is 31.4 Å². The fraction of sp³-hybridized carbons (Fsp3) is 0.333. The van der Waals surface area contributed by atoms with Crippen molar-refractivity contribution in [1.29, 1.82) is 0 Å². The van der Waals surface area contributed by atoms with E-state index in [0.717, 1.165) is 49.4 Å². The Kier molecular flexibility index (Phi) is 4.71. The highest BCUT2D eigenvalue weighted by atomic mass is 16.2. The second-order valence-corrected chi connectivity index (χ2v) is 6.98. The molecule has 1 unspecified atom stereocenters. The van der Waals surface area contributed by atoms with Crippen molar-refractivity contribution in [2.45, 2.75) is 19.3 Å². The molecule has 1 atom stereocenters. The minimum atomic E-state index is 0.0477. The molecule has 5 heteroatoms. The molecule has 0 aromatic heterocycles. The summed E-state index contributed by atoms with van der Waals surface area (Å²) in [6.07, 6.45) is 2.17. The summed E-state index contributed by atoms with van der Waals surface area (Å²) < 4.78 is 0. The Labute approximate surface area is 153 Å². The number of carbonyl (C=O) groups excluding carboxylic acids is 2. The first-order valence-electron chi connectivity index (χ1n) is 9.19. The zero-order chi connectivity index (χ0) is 17.9. The lowest BCUT2D eigenvalue weighted by molar-refractivity contribution is -0.119. The summed E-state index contributed by atoms with van der Waals surface area (Å²) in [6, 6.07) is 15.7. The monoisotopic (exact) mass is 349 g/mol. The Morgan fingerprint density at radius 2 is 1.92 bits per heavy atom. The van der Waals surface area contributed by atoms with E-state index in [4.69, 9.17) is 0 Å². The quantitative estimate of drug-likeness (QED) is 0.891. The SMILES string of the molecule is O=C(Nc1ccc(CC(=O)N2CCc3ccccc32)cc1)C1CCNC1. The maximum absolute atomic E-state index is 12.7. The van der Waals surface area contributed by atoms with Crippen LogP contribution in [0.15, 0.2) is 48.5 Å². The van der Waals surface area contributed by atoms with Crippen molar-refractivity contribution in [1.82, 2.24) is 5.32 Å². The van der Waals surface area contributed by atoms with Gasteiger partial charge in [0, 0.05) is 24.5 Å². The largest absolute Gasteiger partial charge is 0.326 e. The van der Waals surface area contributed by atoms with Gasteiger partial charge in [-0.2, -0.15) is 0 Å². The molecule has 0 bridgehead atoms. The van der Waals surface area contributed by atoms with Gasteiger partial charge in [0.15, 0.2) is 0 Å². The highest BCUT2D eigenvalue weighted by molar-refractivity contribution is 5.97. The van der Waals surface area contributed by atoms with Gasteiger partial charge in [0.1, 0.15) is 0 Å². The van der Waals surface area contributed by atoms with Gasteiger partial charge in [-0.25, -0.2) is 0 Å². The lowest BCUT2D eigenvalue weighted by Gasteiger charge is -2.17. The van der Waals surface area contributed by atoms with Gasteiger partial charge in [0.25, 0.3) is 0 Å². The van der Waals surface area contributed by atoms with Crippen molar-refractivity contribution in [3.63, 3.8) is 0 Å². The molecule has 26 heavy (non-hydrogen) atoms. The van der Waals surface area contributed by atoms with Crippen LogP contribution < -0.4 is 15.5 Å². The second kappa shape index (κ2) is 7.30. The van der Waals surface area contributed by atoms with Crippen LogP contribution in [0.3, 0.4) is 0 Å². The Morgan fingerprint density at radius 3 is 2.69 bits per heavy atom. The normalized spacial score (nSPS) is 18.6. The highest BCUT2D eigenvalue weighted by Gasteiger charge is 2.24. The topological polar surface area (TPSA) is 61.4 Å². The molecule has 134 valence electrons. The van der Waals surface area contributed by atoms with Crippen LogP contribution in [0, 0.1) is 5.92 Å². The molecule has 2 amide bonds. The van der Waals surface area contributed by atoms with Crippen LogP contribution in [0.25, 0.3) is 0 Å². The number of para-hydroxylation sites is 1. The molecule has 2 aromatic rings. The smallest absolute Gasteiger partial charge is 0.231 e. The fourth-order valence-corrected chi connectivity index (χ4v) is 3.70. The van der Waals surface area contributed by atoms with Crippen LogP contribution in [0.4, 0.5) is 11.4 Å². The molecule has 4 rings (SSSR count). The Morgan fingerprint density at radius 1 is 1.12 bits per heavy atom. The molecule has 2 heterocycles. The number of benzene rings is 2. The molecular weight excluding hydrogens is 326 g/mol. The van der Waals surface area contributed by atoms with Crippen LogP contribution >= 0.6 is 0 Å². The van der Waals surface area contributed by atoms with Crippen molar-refractivity contribution in [2.75, 3.05) is 29.9 Å². The molecule has 1 saturated heterocycles. The molecular formula is C21H23N3O2. The summed E-state index contributed by atoms with van der Waals surface area (Å²) in [5.41, 5.74) is 4.01. The van der Waals surface area contributed by atoms with Crippen LogP contribution in [0.5, 0.6) is 0 Å². The third kappa shape index (κ3) is 3.48. The maximum Gasteiger partial charge on any atom is 0.231 e. The van der Waals surface area contributed by atoms with E-state index in [-0.39, 0.29) is 17.7 Å². The number of nitrogens with zero attached hydrogens (tertiary/aromatic N) is 1. The third-order valence-corrected chi connectivity index (χ3v) is 5.20. The predicted octanol–water partition coefficient (Wildman–Crippen LogP) is 2.37. The summed E-state index contributed by atoms with van der Waals surface area (Å²) in [5.74, 6) is 0.225. The van der Waals surface area contributed by atoms with Gasteiger partial charge in [-0.3, -0.25) is 9.59 Å². The number of rotatable bonds is 4. The first-order valence-corrected chi connectivity index (χ1v) is 9.19. The molecule has 2 N–H and O–H groups in total. The lowest BCUT2D eigenvalue weighted by atomic mass is 10.1. The maximum atomic E-state index is 12.7. The van der Waals surface area contributed by atoms with Gasteiger partial charge in [0.2, 0.25) is 11.8 Å². The molecule has 2 aliphatic rings. The number of fused-ring (bicyclic) bond motifs is 1. The average Bonchev–Trinajstić information content (AvgIpc) is 3.33. The third-order valence-electron chi connectivity index (χ3n) is 5.20. The first-order chi connectivity index (χ1) is 12.7. The van der Waals surface area contributed by atoms with E-state index in [1.165, 1.54) is 5.56 Å². The molecule has 0 spiro atoms. The molecule has 0 saturated carbocycles. The summed E-state index contributed by atoms with van der Waals surface area (Å²) in [7, 11) is 0. The van der Waals surface area contributed by atoms with Gasteiger partial charge in [0.05, 0.1) is 12.3 Å². The van der Waals surface area contributed by atoms with Crippen LogP contribution in [-0.2, 0) is 22.4 Å². The minimum absolute atomic E-state index is 0.0477. The molecule has 0 aliphatic carbocycles. The molecule has 1 fully saturated rings. The molecule has 2 aliphatic heterocycles. The number of carbonyl (C=O) groups is 2. The van der Waals surface area contributed by atoms with Crippen LogP contribution in [0.1, 0.15) is 17.5 Å². The molecule has 2 aromatic carbocycles. The van der Waals surface area contributed by atoms with E-state index in [9.17, 15) is 9.59 Å². The zero-order valence-electron chi connectivity index (χ0n) is 14.7. The number of hydrogen-bond donors (Lipinski definition) is 2. The van der Waals surface area contributed by atoms with E-state index in [2.05, 4.69) is 16.7 Å².